The molecule has 1 unspecified atom stereocenters. The third-order valence-electron chi connectivity index (χ3n) is 6.14. The van der Waals surface area contributed by atoms with Gasteiger partial charge in [-0.2, -0.15) is 0 Å². The van der Waals surface area contributed by atoms with Crippen molar-refractivity contribution in [3.8, 4) is 0 Å². The van der Waals surface area contributed by atoms with Gasteiger partial charge in [-0.05, 0) is 49.6 Å². The summed E-state index contributed by atoms with van der Waals surface area (Å²) in [5.74, 6) is -0.734. The number of nitrogens with one attached hydrogen (secondary N) is 1. The van der Waals surface area contributed by atoms with Gasteiger partial charge in [-0.3, -0.25) is 9.59 Å². The van der Waals surface area contributed by atoms with Gasteiger partial charge in [0.2, 0.25) is 5.91 Å². The van der Waals surface area contributed by atoms with Crippen LogP contribution in [0.25, 0.3) is 11.0 Å². The van der Waals surface area contributed by atoms with Crippen molar-refractivity contribution in [1.82, 2.24) is 15.1 Å². The third-order valence-corrected chi connectivity index (χ3v) is 6.14. The van der Waals surface area contributed by atoms with E-state index in [0.29, 0.717) is 41.8 Å². The second-order valence-corrected chi connectivity index (χ2v) is 8.81. The second-order valence-electron chi connectivity index (χ2n) is 8.81. The van der Waals surface area contributed by atoms with Crippen LogP contribution in [0.2, 0.25) is 0 Å². The Bertz CT molecular complexity index is 1250. The Hall–Kier alpha value is -3.72. The largest absolute Gasteiger partial charge is 0.464 e. The fourth-order valence-corrected chi connectivity index (χ4v) is 4.25. The molecule has 3 aromatic rings. The van der Waals surface area contributed by atoms with Crippen LogP contribution in [0.4, 0.5) is 9.18 Å². The smallest absolute Gasteiger partial charge is 0.317 e. The van der Waals surface area contributed by atoms with Crippen LogP contribution in [0.15, 0.2) is 64.0 Å². The summed E-state index contributed by atoms with van der Waals surface area (Å²) in [5, 5.41) is 3.18. The Balaban J connectivity index is 1.59. The molecule has 0 radical (unpaired) electrons. The summed E-state index contributed by atoms with van der Waals surface area (Å²) in [6, 6.07) is 12.4. The standard InChI is InChI=1S/C27H30FN3O5/c1-2-29-27(34)31(16-22-6-5-13-35-22)17-25(32)30(14-19-9-11-21(28)12-10-19)15-20-18-36-24-8-4-3-7-23(24)26(20)33/h3-4,7-12,18,22H,2,5-6,13-17H2,1H3,(H,29,34). The lowest BCUT2D eigenvalue weighted by molar-refractivity contribution is -0.133. The molecule has 0 spiro atoms. The van der Waals surface area contributed by atoms with E-state index in [1.807, 2.05) is 6.92 Å². The predicted octanol–water partition coefficient (Wildman–Crippen LogP) is 3.67. The highest BCUT2D eigenvalue weighted by Crippen LogP contribution is 2.16. The maximum absolute atomic E-state index is 13.5. The Morgan fingerprint density at radius 3 is 2.58 bits per heavy atom. The minimum absolute atomic E-state index is 0.0213. The number of benzene rings is 2. The molecule has 1 saturated heterocycles. The van der Waals surface area contributed by atoms with Gasteiger partial charge < -0.3 is 24.3 Å². The fourth-order valence-electron chi connectivity index (χ4n) is 4.25. The van der Waals surface area contributed by atoms with Crippen molar-refractivity contribution in [3.63, 3.8) is 0 Å². The van der Waals surface area contributed by atoms with E-state index in [9.17, 15) is 18.8 Å². The van der Waals surface area contributed by atoms with Crippen LogP contribution < -0.4 is 10.7 Å². The zero-order chi connectivity index (χ0) is 25.5. The number of urea groups is 1. The summed E-state index contributed by atoms with van der Waals surface area (Å²) >= 11 is 0. The lowest BCUT2D eigenvalue weighted by Crippen LogP contribution is -2.49. The number of ether oxygens (including phenoxy) is 1. The number of carbonyl (C=O) groups excluding carboxylic acids is 2. The summed E-state index contributed by atoms with van der Waals surface area (Å²) in [6.45, 7) is 3.08. The van der Waals surface area contributed by atoms with E-state index in [1.54, 1.807) is 36.4 Å². The first kappa shape index (κ1) is 25.4. The maximum atomic E-state index is 13.5. The molecule has 1 N–H and O–H groups in total. The number of para-hydroxylation sites is 1. The highest BCUT2D eigenvalue weighted by atomic mass is 19.1. The van der Waals surface area contributed by atoms with Crippen molar-refractivity contribution < 1.29 is 23.1 Å². The first-order valence-electron chi connectivity index (χ1n) is 12.1. The van der Waals surface area contributed by atoms with Crippen molar-refractivity contribution >= 4 is 22.9 Å². The average Bonchev–Trinajstić information content (AvgIpc) is 3.39. The second kappa shape index (κ2) is 11.8. The molecular formula is C27H30FN3O5. The Kier molecular flexibility index (Phi) is 8.32. The predicted molar refractivity (Wildman–Crippen MR) is 133 cm³/mol. The van der Waals surface area contributed by atoms with Crippen LogP contribution in [0.5, 0.6) is 0 Å². The van der Waals surface area contributed by atoms with Gasteiger partial charge in [-0.15, -0.1) is 0 Å². The number of fused-ring (bicyclic) bond motifs is 1. The minimum Gasteiger partial charge on any atom is -0.464 e. The van der Waals surface area contributed by atoms with E-state index >= 15 is 0 Å². The molecule has 9 heteroatoms. The Morgan fingerprint density at radius 2 is 1.86 bits per heavy atom. The molecule has 1 aromatic heterocycles. The Morgan fingerprint density at radius 1 is 1.08 bits per heavy atom. The van der Waals surface area contributed by atoms with Gasteiger partial charge in [0.05, 0.1) is 29.9 Å². The van der Waals surface area contributed by atoms with E-state index in [2.05, 4.69) is 5.32 Å². The molecule has 3 amide bonds. The molecule has 0 bridgehead atoms. The van der Waals surface area contributed by atoms with Gasteiger partial charge in [0, 0.05) is 26.2 Å². The summed E-state index contributed by atoms with van der Waals surface area (Å²) in [5.41, 5.74) is 1.24. The van der Waals surface area contributed by atoms with Gasteiger partial charge in [0.25, 0.3) is 0 Å². The summed E-state index contributed by atoms with van der Waals surface area (Å²) in [7, 11) is 0. The highest BCUT2D eigenvalue weighted by molar-refractivity contribution is 5.84. The molecule has 1 fully saturated rings. The third kappa shape index (κ3) is 6.28. The number of rotatable bonds is 9. The average molecular weight is 496 g/mol. The molecule has 0 saturated carbocycles. The van der Waals surface area contributed by atoms with Crippen LogP contribution in [0.3, 0.4) is 0 Å². The monoisotopic (exact) mass is 495 g/mol. The van der Waals surface area contributed by atoms with Crippen LogP contribution in [0.1, 0.15) is 30.9 Å². The zero-order valence-electron chi connectivity index (χ0n) is 20.2. The highest BCUT2D eigenvalue weighted by Gasteiger charge is 2.27. The zero-order valence-corrected chi connectivity index (χ0v) is 20.2. The summed E-state index contributed by atoms with van der Waals surface area (Å²) < 4.78 is 24.8. The minimum atomic E-state index is -0.384. The van der Waals surface area contributed by atoms with E-state index in [4.69, 9.17) is 9.15 Å². The number of carbonyl (C=O) groups is 2. The van der Waals surface area contributed by atoms with Crippen molar-refractivity contribution in [2.45, 2.75) is 39.0 Å². The Labute approximate surface area is 208 Å². The lowest BCUT2D eigenvalue weighted by atomic mass is 10.1. The van der Waals surface area contributed by atoms with Gasteiger partial charge >= 0.3 is 6.03 Å². The SMILES string of the molecule is CCNC(=O)N(CC(=O)N(Cc1ccc(F)cc1)Cc1coc2ccccc2c1=O)CC1CCCO1. The molecular weight excluding hydrogens is 465 g/mol. The number of amides is 3. The van der Waals surface area contributed by atoms with Crippen molar-refractivity contribution in [2.75, 3.05) is 26.2 Å². The lowest BCUT2D eigenvalue weighted by Gasteiger charge is -2.29. The van der Waals surface area contributed by atoms with Gasteiger partial charge in [-0.1, -0.05) is 24.3 Å². The van der Waals surface area contributed by atoms with Crippen LogP contribution in [0, 0.1) is 5.82 Å². The quantitative estimate of drug-likeness (QED) is 0.489. The van der Waals surface area contributed by atoms with Gasteiger partial charge in [0.1, 0.15) is 17.9 Å². The molecule has 1 aliphatic rings. The molecule has 190 valence electrons. The molecule has 8 nitrogen and oxygen atoms in total. The molecule has 4 rings (SSSR count). The van der Waals surface area contributed by atoms with Crippen molar-refractivity contribution in [3.05, 3.63) is 82.0 Å². The summed E-state index contributed by atoms with van der Waals surface area (Å²) in [6.07, 6.45) is 2.97. The number of hydrogen-bond donors (Lipinski definition) is 1. The van der Waals surface area contributed by atoms with E-state index in [-0.39, 0.29) is 48.9 Å². The first-order chi connectivity index (χ1) is 17.4. The number of hydrogen-bond acceptors (Lipinski definition) is 5. The molecule has 0 aliphatic carbocycles. The number of nitrogens with zero attached hydrogens (tertiary/aromatic N) is 2. The van der Waals surface area contributed by atoms with E-state index in [0.717, 1.165) is 12.8 Å². The molecule has 1 atom stereocenters. The van der Waals surface area contributed by atoms with Gasteiger partial charge in [-0.25, -0.2) is 9.18 Å². The van der Waals surface area contributed by atoms with Crippen LogP contribution in [-0.2, 0) is 22.6 Å². The van der Waals surface area contributed by atoms with E-state index < -0.39 is 0 Å². The molecule has 36 heavy (non-hydrogen) atoms. The van der Waals surface area contributed by atoms with E-state index in [1.165, 1.54) is 28.2 Å². The summed E-state index contributed by atoms with van der Waals surface area (Å²) in [4.78, 5) is 42.3. The van der Waals surface area contributed by atoms with Crippen LogP contribution >= 0.6 is 0 Å². The molecule has 2 aromatic carbocycles. The van der Waals surface area contributed by atoms with Crippen LogP contribution in [-0.4, -0.2) is 54.1 Å². The maximum Gasteiger partial charge on any atom is 0.317 e. The molecule has 1 aliphatic heterocycles. The number of halogens is 1. The first-order valence-corrected chi connectivity index (χ1v) is 12.1. The van der Waals surface area contributed by atoms with Crippen molar-refractivity contribution in [1.29, 1.82) is 0 Å². The fraction of sp³-hybridized carbons (Fsp3) is 0.370. The van der Waals surface area contributed by atoms with Crippen molar-refractivity contribution in [2.24, 2.45) is 0 Å². The normalized spacial score (nSPS) is 15.1. The van der Waals surface area contributed by atoms with Gasteiger partial charge in [0.15, 0.2) is 5.43 Å². The topological polar surface area (TPSA) is 92.1 Å². The molecule has 2 heterocycles.